The van der Waals surface area contributed by atoms with E-state index in [1.54, 1.807) is 0 Å². The van der Waals surface area contributed by atoms with E-state index in [1.165, 1.54) is 38.5 Å². The van der Waals surface area contributed by atoms with Gasteiger partial charge in [-0.05, 0) is 43.2 Å². The SMILES string of the molecule is O=C1Nc2cc(N3CCC4(CCCC4)CC3)ccc2C1O. The summed E-state index contributed by atoms with van der Waals surface area (Å²) in [7, 11) is 0. The van der Waals surface area contributed by atoms with Gasteiger partial charge in [0.15, 0.2) is 6.10 Å². The molecule has 4 heteroatoms. The number of aliphatic hydroxyl groups excluding tert-OH is 1. The van der Waals surface area contributed by atoms with Gasteiger partial charge in [0.2, 0.25) is 0 Å². The number of amides is 1. The maximum absolute atomic E-state index is 11.5. The lowest BCUT2D eigenvalue weighted by atomic mass is 9.77. The first-order chi connectivity index (χ1) is 10.2. The molecule has 1 saturated carbocycles. The highest BCUT2D eigenvalue weighted by Gasteiger charge is 2.37. The molecule has 21 heavy (non-hydrogen) atoms. The van der Waals surface area contributed by atoms with Crippen LogP contribution in [0.15, 0.2) is 18.2 Å². The predicted octanol–water partition coefficient (Wildman–Crippen LogP) is 2.83. The van der Waals surface area contributed by atoms with Gasteiger partial charge in [-0.15, -0.1) is 0 Å². The van der Waals surface area contributed by atoms with Gasteiger partial charge in [0.05, 0.1) is 0 Å². The number of hydrogen-bond donors (Lipinski definition) is 2. The Kier molecular flexibility index (Phi) is 2.96. The van der Waals surface area contributed by atoms with Crippen molar-refractivity contribution in [3.63, 3.8) is 0 Å². The fourth-order valence-electron chi connectivity index (χ4n) is 4.29. The zero-order chi connectivity index (χ0) is 14.4. The van der Waals surface area contributed by atoms with Crippen molar-refractivity contribution in [3.05, 3.63) is 23.8 Å². The molecule has 1 spiro atoms. The molecule has 2 N–H and O–H groups in total. The molecule has 4 rings (SSSR count). The second-order valence-corrected chi connectivity index (χ2v) is 6.86. The molecule has 1 aromatic carbocycles. The van der Waals surface area contributed by atoms with Crippen LogP contribution in [0.4, 0.5) is 11.4 Å². The minimum atomic E-state index is -1.00. The smallest absolute Gasteiger partial charge is 0.257 e. The molecule has 1 unspecified atom stereocenters. The zero-order valence-corrected chi connectivity index (χ0v) is 12.3. The Labute approximate surface area is 125 Å². The van der Waals surface area contributed by atoms with Crippen LogP contribution in [0.3, 0.4) is 0 Å². The highest BCUT2D eigenvalue weighted by molar-refractivity contribution is 6.02. The predicted molar refractivity (Wildman–Crippen MR) is 82.4 cm³/mol. The van der Waals surface area contributed by atoms with Gasteiger partial charge >= 0.3 is 0 Å². The minimum Gasteiger partial charge on any atom is -0.378 e. The lowest BCUT2D eigenvalue weighted by molar-refractivity contribution is -0.123. The molecule has 4 nitrogen and oxygen atoms in total. The van der Waals surface area contributed by atoms with Crippen LogP contribution >= 0.6 is 0 Å². The first-order valence-electron chi connectivity index (χ1n) is 8.05. The van der Waals surface area contributed by atoms with Crippen molar-refractivity contribution in [2.45, 2.75) is 44.6 Å². The molecule has 1 aromatic rings. The maximum Gasteiger partial charge on any atom is 0.257 e. The van der Waals surface area contributed by atoms with Crippen molar-refractivity contribution in [2.75, 3.05) is 23.3 Å². The van der Waals surface area contributed by atoms with Crippen molar-refractivity contribution in [1.29, 1.82) is 0 Å². The molecular formula is C17H22N2O2. The van der Waals surface area contributed by atoms with Crippen LogP contribution in [0.5, 0.6) is 0 Å². The number of rotatable bonds is 1. The van der Waals surface area contributed by atoms with Crippen LogP contribution in [-0.2, 0) is 4.79 Å². The first kappa shape index (κ1) is 13.1. The number of piperidine rings is 1. The molecule has 1 saturated heterocycles. The van der Waals surface area contributed by atoms with Crippen molar-refractivity contribution < 1.29 is 9.90 Å². The molecular weight excluding hydrogens is 264 g/mol. The molecule has 1 atom stereocenters. The van der Waals surface area contributed by atoms with Crippen LogP contribution in [0, 0.1) is 5.41 Å². The van der Waals surface area contributed by atoms with E-state index in [-0.39, 0.29) is 5.91 Å². The Morgan fingerprint density at radius 2 is 1.86 bits per heavy atom. The number of aliphatic hydroxyl groups is 1. The summed E-state index contributed by atoms with van der Waals surface area (Å²) in [5.41, 5.74) is 3.26. The Balaban J connectivity index is 1.51. The summed E-state index contributed by atoms with van der Waals surface area (Å²) < 4.78 is 0. The number of hydrogen-bond acceptors (Lipinski definition) is 3. The highest BCUT2D eigenvalue weighted by atomic mass is 16.3. The maximum atomic E-state index is 11.5. The number of carbonyl (C=O) groups is 1. The van der Waals surface area contributed by atoms with Gasteiger partial charge in [0.1, 0.15) is 0 Å². The Hall–Kier alpha value is -1.55. The summed E-state index contributed by atoms with van der Waals surface area (Å²) in [4.78, 5) is 13.9. The van der Waals surface area contributed by atoms with Gasteiger partial charge in [-0.2, -0.15) is 0 Å². The molecule has 1 aliphatic carbocycles. The summed E-state index contributed by atoms with van der Waals surface area (Å²) in [6, 6.07) is 5.93. The molecule has 0 bridgehead atoms. The number of anilines is 2. The topological polar surface area (TPSA) is 52.6 Å². The Morgan fingerprint density at radius 3 is 2.57 bits per heavy atom. The third-order valence-corrected chi connectivity index (χ3v) is 5.69. The summed E-state index contributed by atoms with van der Waals surface area (Å²) in [5, 5.41) is 12.5. The zero-order valence-electron chi connectivity index (χ0n) is 12.3. The van der Waals surface area contributed by atoms with Crippen LogP contribution < -0.4 is 10.2 Å². The third-order valence-electron chi connectivity index (χ3n) is 5.69. The highest BCUT2D eigenvalue weighted by Crippen LogP contribution is 2.47. The fourth-order valence-corrected chi connectivity index (χ4v) is 4.29. The van der Waals surface area contributed by atoms with E-state index in [0.29, 0.717) is 11.0 Å². The molecule has 112 valence electrons. The standard InChI is InChI=1S/C17H22N2O2/c20-15-13-4-3-12(11-14(13)18-16(15)21)19-9-7-17(8-10-19)5-1-2-6-17/h3-4,11,15,20H,1-2,5-10H2,(H,18,21). The van der Waals surface area contributed by atoms with E-state index >= 15 is 0 Å². The number of carbonyl (C=O) groups excluding carboxylic acids is 1. The van der Waals surface area contributed by atoms with Gasteiger partial charge in [0.25, 0.3) is 5.91 Å². The lowest BCUT2D eigenvalue weighted by Gasteiger charge is -2.40. The van der Waals surface area contributed by atoms with E-state index in [0.717, 1.165) is 24.5 Å². The van der Waals surface area contributed by atoms with Crippen molar-refractivity contribution in [2.24, 2.45) is 5.41 Å². The molecule has 2 aliphatic heterocycles. The van der Waals surface area contributed by atoms with E-state index in [2.05, 4.69) is 10.2 Å². The second-order valence-electron chi connectivity index (χ2n) is 6.86. The molecule has 2 heterocycles. The van der Waals surface area contributed by atoms with E-state index < -0.39 is 6.10 Å². The Bertz CT molecular complexity index is 568. The molecule has 2 fully saturated rings. The fraction of sp³-hybridized carbons (Fsp3) is 0.588. The van der Waals surface area contributed by atoms with Gasteiger partial charge in [0, 0.05) is 30.0 Å². The van der Waals surface area contributed by atoms with Crippen LogP contribution in [-0.4, -0.2) is 24.1 Å². The van der Waals surface area contributed by atoms with Crippen LogP contribution in [0.25, 0.3) is 0 Å². The molecule has 0 radical (unpaired) electrons. The lowest BCUT2D eigenvalue weighted by Crippen LogP contribution is -2.38. The number of nitrogens with one attached hydrogen (secondary N) is 1. The average molecular weight is 286 g/mol. The van der Waals surface area contributed by atoms with Crippen LogP contribution in [0.1, 0.15) is 50.2 Å². The monoisotopic (exact) mass is 286 g/mol. The summed E-state index contributed by atoms with van der Waals surface area (Å²) in [6.45, 7) is 2.21. The minimum absolute atomic E-state index is 0.314. The van der Waals surface area contributed by atoms with Gasteiger partial charge in [-0.3, -0.25) is 4.79 Å². The molecule has 3 aliphatic rings. The van der Waals surface area contributed by atoms with Gasteiger partial charge in [-0.1, -0.05) is 18.9 Å². The Morgan fingerprint density at radius 1 is 1.14 bits per heavy atom. The normalized spacial score (nSPS) is 27.0. The van der Waals surface area contributed by atoms with E-state index in [9.17, 15) is 9.90 Å². The second kappa shape index (κ2) is 4.73. The van der Waals surface area contributed by atoms with Crippen LogP contribution in [0.2, 0.25) is 0 Å². The van der Waals surface area contributed by atoms with Crippen molar-refractivity contribution in [1.82, 2.24) is 0 Å². The largest absolute Gasteiger partial charge is 0.378 e. The van der Waals surface area contributed by atoms with Gasteiger partial charge < -0.3 is 15.3 Å². The summed E-state index contributed by atoms with van der Waals surface area (Å²) >= 11 is 0. The number of benzene rings is 1. The summed E-state index contributed by atoms with van der Waals surface area (Å²) in [6.07, 6.45) is 7.21. The first-order valence-corrected chi connectivity index (χ1v) is 8.05. The third kappa shape index (κ3) is 2.13. The van der Waals surface area contributed by atoms with Crippen molar-refractivity contribution >= 4 is 17.3 Å². The van der Waals surface area contributed by atoms with E-state index in [1.807, 2.05) is 18.2 Å². The number of fused-ring (bicyclic) bond motifs is 1. The molecule has 0 aromatic heterocycles. The van der Waals surface area contributed by atoms with E-state index in [4.69, 9.17) is 0 Å². The quantitative estimate of drug-likeness (QED) is 0.834. The molecule has 1 amide bonds. The average Bonchev–Trinajstić information content (AvgIpc) is 3.06. The summed E-state index contributed by atoms with van der Waals surface area (Å²) in [5.74, 6) is -0.314. The number of nitrogens with zero attached hydrogens (tertiary/aromatic N) is 1. The van der Waals surface area contributed by atoms with Gasteiger partial charge in [-0.25, -0.2) is 0 Å². The van der Waals surface area contributed by atoms with Crippen molar-refractivity contribution in [3.8, 4) is 0 Å².